The van der Waals surface area contributed by atoms with Crippen molar-refractivity contribution in [1.82, 2.24) is 19.4 Å². The van der Waals surface area contributed by atoms with Crippen LogP contribution in [0.5, 0.6) is 0 Å². The maximum Gasteiger partial charge on any atom is 0.242 e. The van der Waals surface area contributed by atoms with Crippen LogP contribution in [0.2, 0.25) is 0 Å². The summed E-state index contributed by atoms with van der Waals surface area (Å²) in [6.07, 6.45) is 0. The van der Waals surface area contributed by atoms with Crippen molar-refractivity contribution >= 4 is 10.0 Å². The quantitative estimate of drug-likeness (QED) is 0.870. The normalized spacial score (nSPS) is 12.1. The van der Waals surface area contributed by atoms with Crippen LogP contribution in [0.3, 0.4) is 0 Å². The molecule has 1 N–H and O–H groups in total. The Kier molecular flexibility index (Phi) is 5.23. The molecule has 0 unspecified atom stereocenters. The summed E-state index contributed by atoms with van der Waals surface area (Å²) in [5.74, 6) is 0. The molecule has 0 aliphatic rings. The Morgan fingerprint density at radius 3 is 2.39 bits per heavy atom. The van der Waals surface area contributed by atoms with E-state index in [1.54, 1.807) is 26.2 Å². The molecule has 1 aromatic heterocycles. The highest BCUT2D eigenvalue weighted by Crippen LogP contribution is 2.19. The molecule has 0 radical (unpaired) electrons. The summed E-state index contributed by atoms with van der Waals surface area (Å²) in [6, 6.07) is 7.08. The molecule has 0 aliphatic carbocycles. The van der Waals surface area contributed by atoms with E-state index >= 15 is 0 Å². The molecule has 2 rings (SSSR count). The Morgan fingerprint density at radius 1 is 1.17 bits per heavy atom. The lowest BCUT2D eigenvalue weighted by molar-refractivity contribution is 0.518. The van der Waals surface area contributed by atoms with Crippen molar-refractivity contribution in [2.45, 2.75) is 31.8 Å². The lowest BCUT2D eigenvalue weighted by Gasteiger charge is -2.15. The second-order valence-electron chi connectivity index (χ2n) is 5.77. The van der Waals surface area contributed by atoms with E-state index in [9.17, 15) is 8.42 Å². The summed E-state index contributed by atoms with van der Waals surface area (Å²) in [4.78, 5) is 0.345. The van der Waals surface area contributed by atoms with E-state index in [2.05, 4.69) is 10.4 Å². The lowest BCUT2D eigenvalue weighted by Crippen LogP contribution is -2.24. The molecule has 23 heavy (non-hydrogen) atoms. The molecule has 0 saturated heterocycles. The molecule has 0 atom stereocenters. The molecular weight excluding hydrogens is 312 g/mol. The highest BCUT2D eigenvalue weighted by Gasteiger charge is 2.20. The molecule has 1 aromatic carbocycles. The average Bonchev–Trinajstić information content (AvgIpc) is 2.73. The van der Waals surface area contributed by atoms with Gasteiger partial charge in [-0.15, -0.1) is 0 Å². The number of rotatable bonds is 6. The predicted molar refractivity (Wildman–Crippen MR) is 90.5 cm³/mol. The number of nitrogens with zero attached hydrogens (tertiary/aromatic N) is 3. The van der Waals surface area contributed by atoms with Crippen LogP contribution in [0.4, 0.5) is 0 Å². The minimum Gasteiger partial charge on any atom is -0.308 e. The van der Waals surface area contributed by atoms with Gasteiger partial charge in [0.25, 0.3) is 0 Å². The number of hydrogen-bond acceptors (Lipinski definition) is 4. The number of benzene rings is 1. The Bertz CT molecular complexity index is 794. The first kappa shape index (κ1) is 17.7. The van der Waals surface area contributed by atoms with Gasteiger partial charge in [0.05, 0.1) is 10.6 Å². The Morgan fingerprint density at radius 2 is 1.83 bits per heavy atom. The summed E-state index contributed by atoms with van der Waals surface area (Å²) in [5.41, 5.74) is 4.02. The smallest absolute Gasteiger partial charge is 0.242 e. The fourth-order valence-corrected chi connectivity index (χ4v) is 3.61. The Hall–Kier alpha value is -1.70. The molecular formula is C16H24N4O2S. The second kappa shape index (κ2) is 6.82. The van der Waals surface area contributed by atoms with Gasteiger partial charge >= 0.3 is 0 Å². The van der Waals surface area contributed by atoms with Crippen LogP contribution in [0.1, 0.15) is 22.5 Å². The van der Waals surface area contributed by atoms with Crippen LogP contribution in [0, 0.1) is 13.8 Å². The van der Waals surface area contributed by atoms with Crippen molar-refractivity contribution in [3.05, 3.63) is 46.8 Å². The average molecular weight is 336 g/mol. The molecule has 0 saturated carbocycles. The zero-order valence-corrected chi connectivity index (χ0v) is 15.1. The predicted octanol–water partition coefficient (Wildman–Crippen LogP) is 1.58. The fraction of sp³-hybridized carbons (Fsp3) is 0.438. The summed E-state index contributed by atoms with van der Waals surface area (Å²) < 4.78 is 27.9. The molecule has 0 amide bonds. The van der Waals surface area contributed by atoms with Gasteiger partial charge in [-0.25, -0.2) is 12.7 Å². The van der Waals surface area contributed by atoms with Gasteiger partial charge in [0, 0.05) is 45.5 Å². The van der Waals surface area contributed by atoms with Gasteiger partial charge in [-0.3, -0.25) is 4.68 Å². The number of sulfonamides is 1. The summed E-state index contributed by atoms with van der Waals surface area (Å²) in [6.45, 7) is 5.15. The molecule has 0 aliphatic heterocycles. The molecule has 6 nitrogen and oxygen atoms in total. The topological polar surface area (TPSA) is 67.2 Å². The highest BCUT2D eigenvalue weighted by molar-refractivity contribution is 7.89. The minimum absolute atomic E-state index is 0.345. The van der Waals surface area contributed by atoms with Crippen molar-refractivity contribution in [3.8, 4) is 0 Å². The van der Waals surface area contributed by atoms with E-state index in [1.807, 2.05) is 37.7 Å². The maximum atomic E-state index is 12.4. The molecule has 126 valence electrons. The number of hydrogen-bond donors (Lipinski definition) is 1. The summed E-state index contributed by atoms with van der Waals surface area (Å²) in [5, 5.41) is 7.72. The monoisotopic (exact) mass is 336 g/mol. The number of aryl methyl sites for hydroxylation is 2. The van der Waals surface area contributed by atoms with E-state index in [-0.39, 0.29) is 0 Å². The van der Waals surface area contributed by atoms with E-state index in [0.29, 0.717) is 18.0 Å². The molecule has 1 heterocycles. The number of nitrogens with one attached hydrogen (secondary N) is 1. The van der Waals surface area contributed by atoms with Crippen LogP contribution < -0.4 is 5.32 Å². The van der Waals surface area contributed by atoms with Gasteiger partial charge < -0.3 is 5.32 Å². The largest absolute Gasteiger partial charge is 0.308 e. The van der Waals surface area contributed by atoms with Gasteiger partial charge in [-0.1, -0.05) is 18.2 Å². The zero-order valence-electron chi connectivity index (χ0n) is 14.3. The highest BCUT2D eigenvalue weighted by atomic mass is 32.2. The van der Waals surface area contributed by atoms with E-state index < -0.39 is 10.0 Å². The minimum atomic E-state index is -3.44. The third-order valence-electron chi connectivity index (χ3n) is 4.01. The molecule has 2 aromatic rings. The first-order valence-corrected chi connectivity index (χ1v) is 8.89. The standard InChI is InChI=1S/C16H24N4O2S/c1-12-15(13(2)20(5)18-12)11-17-10-14-8-6-7-9-16(14)23(21,22)19(3)4/h6-9,17H,10-11H2,1-5H3. The van der Waals surface area contributed by atoms with E-state index in [4.69, 9.17) is 0 Å². The van der Waals surface area contributed by atoms with Crippen molar-refractivity contribution in [3.63, 3.8) is 0 Å². The Labute approximate surface area is 138 Å². The van der Waals surface area contributed by atoms with Crippen LogP contribution in [0.15, 0.2) is 29.2 Å². The molecule has 0 spiro atoms. The van der Waals surface area contributed by atoms with Crippen molar-refractivity contribution in [1.29, 1.82) is 0 Å². The lowest BCUT2D eigenvalue weighted by atomic mass is 10.2. The first-order valence-electron chi connectivity index (χ1n) is 7.45. The third-order valence-corrected chi connectivity index (χ3v) is 5.92. The zero-order chi connectivity index (χ0) is 17.2. The maximum absolute atomic E-state index is 12.4. The van der Waals surface area contributed by atoms with Crippen molar-refractivity contribution in [2.24, 2.45) is 7.05 Å². The number of aromatic nitrogens is 2. The summed E-state index contributed by atoms with van der Waals surface area (Å²) in [7, 11) is 1.57. The molecule has 0 fully saturated rings. The van der Waals surface area contributed by atoms with Gasteiger partial charge in [0.15, 0.2) is 0 Å². The van der Waals surface area contributed by atoms with Crippen LogP contribution in [0.25, 0.3) is 0 Å². The second-order valence-corrected chi connectivity index (χ2v) is 7.89. The van der Waals surface area contributed by atoms with Gasteiger partial charge in [-0.05, 0) is 25.5 Å². The van der Waals surface area contributed by atoms with Crippen molar-refractivity contribution < 1.29 is 8.42 Å². The van der Waals surface area contributed by atoms with Gasteiger partial charge in [0.2, 0.25) is 10.0 Å². The Balaban J connectivity index is 2.16. The molecule has 7 heteroatoms. The van der Waals surface area contributed by atoms with E-state index in [1.165, 1.54) is 4.31 Å². The van der Waals surface area contributed by atoms with Crippen LogP contribution >= 0.6 is 0 Å². The van der Waals surface area contributed by atoms with Crippen LogP contribution in [-0.4, -0.2) is 36.6 Å². The SMILES string of the molecule is Cc1nn(C)c(C)c1CNCc1ccccc1S(=O)(=O)N(C)C. The third kappa shape index (κ3) is 3.63. The van der Waals surface area contributed by atoms with Crippen molar-refractivity contribution in [2.75, 3.05) is 14.1 Å². The molecule has 0 bridgehead atoms. The van der Waals surface area contributed by atoms with E-state index in [0.717, 1.165) is 22.5 Å². The fourth-order valence-electron chi connectivity index (χ4n) is 2.49. The summed E-state index contributed by atoms with van der Waals surface area (Å²) >= 11 is 0. The first-order chi connectivity index (χ1) is 10.7. The van der Waals surface area contributed by atoms with Crippen LogP contribution in [-0.2, 0) is 30.2 Å². The van der Waals surface area contributed by atoms with Gasteiger partial charge in [0.1, 0.15) is 0 Å². The van der Waals surface area contributed by atoms with Gasteiger partial charge in [-0.2, -0.15) is 5.10 Å².